The van der Waals surface area contributed by atoms with Crippen molar-refractivity contribution in [2.24, 2.45) is 0 Å². The maximum atomic E-state index is 10.1. The Morgan fingerprint density at radius 2 is 2.22 bits per heavy atom. The second-order valence-electron chi connectivity index (χ2n) is 5.34. The largest absolute Gasteiger partial charge is 0.388 e. The van der Waals surface area contributed by atoms with E-state index in [0.717, 1.165) is 10.7 Å². The molecule has 0 aliphatic carbocycles. The van der Waals surface area contributed by atoms with E-state index in [0.29, 0.717) is 17.8 Å². The molecular weight excluding hydrogens is 248 g/mol. The van der Waals surface area contributed by atoms with Gasteiger partial charge in [0.2, 0.25) is 0 Å². The summed E-state index contributed by atoms with van der Waals surface area (Å²) >= 11 is 1.57. The smallest absolute Gasteiger partial charge is 0.124 e. The first-order valence-electron chi connectivity index (χ1n) is 5.79. The SMILES string of the molecule is CC(C)(C)c1csc(CC(O)c2cn[nH]c2N)n1. The highest BCUT2D eigenvalue weighted by Gasteiger charge is 2.20. The molecule has 2 aromatic rings. The van der Waals surface area contributed by atoms with Gasteiger partial charge < -0.3 is 10.8 Å². The van der Waals surface area contributed by atoms with Crippen molar-refractivity contribution in [3.05, 3.63) is 27.8 Å². The molecule has 2 heterocycles. The first-order valence-corrected chi connectivity index (χ1v) is 6.67. The summed E-state index contributed by atoms with van der Waals surface area (Å²) in [5, 5.41) is 19.5. The average molecular weight is 266 g/mol. The summed E-state index contributed by atoms with van der Waals surface area (Å²) in [6.45, 7) is 6.36. The Bertz CT molecular complexity index is 526. The highest BCUT2D eigenvalue weighted by Crippen LogP contribution is 2.27. The van der Waals surface area contributed by atoms with Crippen LogP contribution in [0.15, 0.2) is 11.6 Å². The van der Waals surface area contributed by atoms with Crippen LogP contribution in [0.1, 0.15) is 43.1 Å². The van der Waals surface area contributed by atoms with Gasteiger partial charge in [-0.15, -0.1) is 11.3 Å². The van der Waals surface area contributed by atoms with Crippen molar-refractivity contribution in [1.29, 1.82) is 0 Å². The molecule has 0 aliphatic heterocycles. The first-order chi connectivity index (χ1) is 8.38. The standard InChI is InChI=1S/C12H18N4OS/c1-12(2,3)9-6-18-10(15-9)4-8(17)7-5-14-16-11(7)13/h5-6,8,17H,4H2,1-3H3,(H3,13,14,16). The second kappa shape index (κ2) is 4.70. The Hall–Kier alpha value is -1.40. The molecule has 0 spiro atoms. The van der Waals surface area contributed by atoms with Crippen molar-refractivity contribution in [1.82, 2.24) is 15.2 Å². The van der Waals surface area contributed by atoms with E-state index >= 15 is 0 Å². The van der Waals surface area contributed by atoms with Gasteiger partial charge >= 0.3 is 0 Å². The lowest BCUT2D eigenvalue weighted by molar-refractivity contribution is 0.179. The topological polar surface area (TPSA) is 87.8 Å². The van der Waals surface area contributed by atoms with Gasteiger partial charge in [-0.3, -0.25) is 5.10 Å². The first kappa shape index (κ1) is 13.0. The van der Waals surface area contributed by atoms with Crippen molar-refractivity contribution in [3.8, 4) is 0 Å². The minimum Gasteiger partial charge on any atom is -0.388 e. The Kier molecular flexibility index (Phi) is 3.41. The van der Waals surface area contributed by atoms with Crippen molar-refractivity contribution < 1.29 is 5.11 Å². The number of H-pyrrole nitrogens is 1. The Labute approximate surface area is 110 Å². The van der Waals surface area contributed by atoms with Gasteiger partial charge in [-0.05, 0) is 0 Å². The monoisotopic (exact) mass is 266 g/mol. The number of aliphatic hydroxyl groups is 1. The van der Waals surface area contributed by atoms with Crippen molar-refractivity contribution in [2.75, 3.05) is 5.73 Å². The summed E-state index contributed by atoms with van der Waals surface area (Å²) in [5.74, 6) is 0.412. The number of aromatic amines is 1. The number of hydrogen-bond donors (Lipinski definition) is 3. The molecule has 1 atom stereocenters. The lowest BCUT2D eigenvalue weighted by atomic mass is 9.93. The maximum absolute atomic E-state index is 10.1. The van der Waals surface area contributed by atoms with Crippen LogP contribution in [-0.2, 0) is 11.8 Å². The molecule has 0 radical (unpaired) electrons. The van der Waals surface area contributed by atoms with Gasteiger partial charge in [0.05, 0.1) is 23.0 Å². The number of hydrogen-bond acceptors (Lipinski definition) is 5. The summed E-state index contributed by atoms with van der Waals surface area (Å²) in [6.07, 6.45) is 1.35. The number of nitrogens with zero attached hydrogens (tertiary/aromatic N) is 2. The fourth-order valence-corrected chi connectivity index (χ4v) is 2.65. The Morgan fingerprint density at radius 3 is 2.72 bits per heavy atom. The van der Waals surface area contributed by atoms with Gasteiger partial charge in [0.1, 0.15) is 5.82 Å². The molecule has 0 bridgehead atoms. The average Bonchev–Trinajstić information content (AvgIpc) is 2.85. The molecule has 2 aromatic heterocycles. The van der Waals surface area contributed by atoms with Crippen LogP contribution >= 0.6 is 11.3 Å². The molecule has 0 aromatic carbocycles. The molecule has 5 nitrogen and oxygen atoms in total. The maximum Gasteiger partial charge on any atom is 0.124 e. The molecule has 1 unspecified atom stereocenters. The highest BCUT2D eigenvalue weighted by molar-refractivity contribution is 7.09. The van der Waals surface area contributed by atoms with Crippen LogP contribution in [0.4, 0.5) is 5.82 Å². The second-order valence-corrected chi connectivity index (χ2v) is 6.28. The number of aromatic nitrogens is 3. The molecule has 18 heavy (non-hydrogen) atoms. The van der Waals surface area contributed by atoms with Crippen molar-refractivity contribution in [2.45, 2.75) is 38.7 Å². The van der Waals surface area contributed by atoms with Crippen molar-refractivity contribution >= 4 is 17.2 Å². The summed E-state index contributed by atoms with van der Waals surface area (Å²) in [7, 11) is 0. The molecule has 6 heteroatoms. The number of nitrogens with two attached hydrogens (primary N) is 1. The van der Waals surface area contributed by atoms with Crippen LogP contribution in [-0.4, -0.2) is 20.3 Å². The predicted octanol–water partition coefficient (Wildman–Crippen LogP) is 2.02. The number of thiazole rings is 1. The molecule has 0 saturated carbocycles. The normalized spacial score (nSPS) is 13.8. The van der Waals surface area contributed by atoms with E-state index in [2.05, 4.69) is 36.0 Å². The number of rotatable bonds is 3. The van der Waals surface area contributed by atoms with Crippen molar-refractivity contribution in [3.63, 3.8) is 0 Å². The van der Waals surface area contributed by atoms with Gasteiger partial charge in [0.15, 0.2) is 0 Å². The lowest BCUT2D eigenvalue weighted by Crippen LogP contribution is -2.12. The highest BCUT2D eigenvalue weighted by atomic mass is 32.1. The van der Waals surface area contributed by atoms with Gasteiger partial charge in [0.25, 0.3) is 0 Å². The third kappa shape index (κ3) is 2.70. The van der Waals surface area contributed by atoms with E-state index in [1.165, 1.54) is 0 Å². The van der Waals surface area contributed by atoms with Gasteiger partial charge in [0, 0.05) is 22.8 Å². The Balaban J connectivity index is 2.11. The van der Waals surface area contributed by atoms with Gasteiger partial charge in [-0.1, -0.05) is 20.8 Å². The number of nitrogen functional groups attached to an aromatic ring is 1. The molecule has 98 valence electrons. The van der Waals surface area contributed by atoms with Crippen LogP contribution in [0.25, 0.3) is 0 Å². The summed E-state index contributed by atoms with van der Waals surface area (Å²) < 4.78 is 0. The fourth-order valence-electron chi connectivity index (χ4n) is 1.60. The zero-order valence-electron chi connectivity index (χ0n) is 10.8. The van der Waals surface area contributed by atoms with Crippen LogP contribution < -0.4 is 5.73 Å². The molecule has 0 amide bonds. The zero-order chi connectivity index (χ0) is 13.3. The minimum atomic E-state index is -0.664. The molecule has 0 aliphatic rings. The van der Waals surface area contributed by atoms with Crippen LogP contribution in [0.5, 0.6) is 0 Å². The van der Waals surface area contributed by atoms with E-state index in [4.69, 9.17) is 5.73 Å². The molecule has 0 fully saturated rings. The van der Waals surface area contributed by atoms with Gasteiger partial charge in [-0.25, -0.2) is 4.98 Å². The molecule has 2 rings (SSSR count). The molecule has 4 N–H and O–H groups in total. The lowest BCUT2D eigenvalue weighted by Gasteiger charge is -2.14. The third-order valence-electron chi connectivity index (χ3n) is 2.75. The summed E-state index contributed by atoms with van der Waals surface area (Å²) in [4.78, 5) is 4.55. The number of aliphatic hydroxyl groups excluding tert-OH is 1. The number of nitrogens with one attached hydrogen (secondary N) is 1. The quantitative estimate of drug-likeness (QED) is 0.793. The van der Waals surface area contributed by atoms with E-state index < -0.39 is 6.10 Å². The molecule has 0 saturated heterocycles. The van der Waals surface area contributed by atoms with E-state index in [1.54, 1.807) is 17.5 Å². The van der Waals surface area contributed by atoms with Crippen LogP contribution in [0.3, 0.4) is 0 Å². The fraction of sp³-hybridized carbons (Fsp3) is 0.500. The predicted molar refractivity (Wildman–Crippen MR) is 72.5 cm³/mol. The van der Waals surface area contributed by atoms with E-state index in [1.807, 2.05) is 5.38 Å². The number of anilines is 1. The van der Waals surface area contributed by atoms with Crippen LogP contribution in [0, 0.1) is 0 Å². The summed E-state index contributed by atoms with van der Waals surface area (Å²) in [6, 6.07) is 0. The minimum absolute atomic E-state index is 0.0361. The third-order valence-corrected chi connectivity index (χ3v) is 3.62. The molecular formula is C12H18N4OS. The van der Waals surface area contributed by atoms with E-state index in [-0.39, 0.29) is 5.41 Å². The van der Waals surface area contributed by atoms with Crippen LogP contribution in [0.2, 0.25) is 0 Å². The Morgan fingerprint density at radius 1 is 1.50 bits per heavy atom. The van der Waals surface area contributed by atoms with E-state index in [9.17, 15) is 5.11 Å². The summed E-state index contributed by atoms with van der Waals surface area (Å²) in [5.41, 5.74) is 7.39. The zero-order valence-corrected chi connectivity index (χ0v) is 11.6. The van der Waals surface area contributed by atoms with Gasteiger partial charge in [-0.2, -0.15) is 5.10 Å².